The van der Waals surface area contributed by atoms with Crippen molar-refractivity contribution < 1.29 is 4.74 Å². The lowest BCUT2D eigenvalue weighted by molar-refractivity contribution is -0.111. The van der Waals surface area contributed by atoms with Crippen LogP contribution in [0.2, 0.25) is 0 Å². The summed E-state index contributed by atoms with van der Waals surface area (Å²) in [6.07, 6.45) is 9.32. The summed E-state index contributed by atoms with van der Waals surface area (Å²) in [5.74, 6) is 1.76. The smallest absolute Gasteiger partial charge is 0.111 e. The first-order valence-electron chi connectivity index (χ1n) is 8.43. The van der Waals surface area contributed by atoms with Crippen molar-refractivity contribution in [2.75, 3.05) is 13.1 Å². The van der Waals surface area contributed by atoms with Gasteiger partial charge in [-0.1, -0.05) is 27.2 Å². The fourth-order valence-electron chi connectivity index (χ4n) is 5.94. The van der Waals surface area contributed by atoms with Gasteiger partial charge in [0.1, 0.15) is 6.23 Å². The van der Waals surface area contributed by atoms with E-state index in [1.165, 1.54) is 51.6 Å². The van der Waals surface area contributed by atoms with Crippen LogP contribution in [0.1, 0.15) is 59.3 Å². The minimum Gasteiger partial charge on any atom is -0.359 e. The second-order valence-corrected chi connectivity index (χ2v) is 8.29. The van der Waals surface area contributed by atoms with Gasteiger partial charge in [0.25, 0.3) is 0 Å². The van der Waals surface area contributed by atoms with Crippen LogP contribution in [0.5, 0.6) is 0 Å². The van der Waals surface area contributed by atoms with Gasteiger partial charge in [-0.2, -0.15) is 0 Å². The first kappa shape index (κ1) is 12.6. The molecule has 4 rings (SSSR count). The first-order valence-corrected chi connectivity index (χ1v) is 8.43. The van der Waals surface area contributed by atoms with E-state index in [4.69, 9.17) is 4.74 Å². The zero-order valence-corrected chi connectivity index (χ0v) is 12.8. The van der Waals surface area contributed by atoms with Crippen LogP contribution in [0.25, 0.3) is 0 Å². The molecule has 0 amide bonds. The van der Waals surface area contributed by atoms with Crippen molar-refractivity contribution >= 4 is 0 Å². The maximum absolute atomic E-state index is 6.62. The predicted molar refractivity (Wildman–Crippen MR) is 76.8 cm³/mol. The van der Waals surface area contributed by atoms with Gasteiger partial charge in [-0.15, -0.1) is 0 Å². The summed E-state index contributed by atoms with van der Waals surface area (Å²) in [6, 6.07) is 0. The van der Waals surface area contributed by atoms with Crippen molar-refractivity contribution in [3.05, 3.63) is 0 Å². The monoisotopic (exact) mass is 263 g/mol. The summed E-state index contributed by atoms with van der Waals surface area (Å²) >= 11 is 0. The van der Waals surface area contributed by atoms with Crippen LogP contribution in [0.3, 0.4) is 0 Å². The van der Waals surface area contributed by atoms with Gasteiger partial charge in [0, 0.05) is 13.1 Å². The molecular weight excluding hydrogens is 234 g/mol. The fraction of sp³-hybridized carbons (Fsp3) is 1.00. The number of rotatable bonds is 1. The molecule has 2 nitrogen and oxygen atoms in total. The minimum atomic E-state index is 0.437. The van der Waals surface area contributed by atoms with Gasteiger partial charge < -0.3 is 4.74 Å². The van der Waals surface area contributed by atoms with E-state index in [2.05, 4.69) is 25.7 Å². The molecular formula is C17H29NO. The molecule has 0 N–H and O–H groups in total. The fourth-order valence-corrected chi connectivity index (χ4v) is 5.94. The van der Waals surface area contributed by atoms with Crippen LogP contribution in [0, 0.1) is 22.7 Å². The molecule has 2 saturated heterocycles. The SMILES string of the molecule is CC1(C)[C@@H]2CC[C@@]1(C)[C@H]1O[C@H](N3CCCCC3)C[C@@H]21. The highest BCUT2D eigenvalue weighted by Gasteiger charge is 2.69. The van der Waals surface area contributed by atoms with Gasteiger partial charge in [0.05, 0.1) is 6.10 Å². The molecule has 108 valence electrons. The Morgan fingerprint density at radius 2 is 1.79 bits per heavy atom. The number of hydrogen-bond acceptors (Lipinski definition) is 2. The van der Waals surface area contributed by atoms with Crippen LogP contribution in [0.15, 0.2) is 0 Å². The Labute approximate surface area is 117 Å². The molecule has 4 aliphatic rings. The normalized spacial score (nSPS) is 52.6. The lowest BCUT2D eigenvalue weighted by Gasteiger charge is -2.40. The Balaban J connectivity index is 1.55. The second-order valence-electron chi connectivity index (χ2n) is 8.29. The number of fused-ring (bicyclic) bond motifs is 5. The van der Waals surface area contributed by atoms with Crippen LogP contribution in [-0.4, -0.2) is 30.3 Å². The molecule has 2 aliphatic carbocycles. The summed E-state index contributed by atoms with van der Waals surface area (Å²) in [5, 5.41) is 0. The molecule has 19 heavy (non-hydrogen) atoms. The molecule has 2 heterocycles. The molecule has 2 bridgehead atoms. The van der Waals surface area contributed by atoms with E-state index in [1.54, 1.807) is 0 Å². The van der Waals surface area contributed by atoms with E-state index < -0.39 is 0 Å². The molecule has 2 saturated carbocycles. The van der Waals surface area contributed by atoms with E-state index in [0.29, 0.717) is 23.2 Å². The van der Waals surface area contributed by atoms with Gasteiger partial charge in [0.15, 0.2) is 0 Å². The molecule has 0 unspecified atom stereocenters. The van der Waals surface area contributed by atoms with Crippen molar-refractivity contribution in [2.45, 2.75) is 71.6 Å². The average molecular weight is 263 g/mol. The van der Waals surface area contributed by atoms with Crippen molar-refractivity contribution in [3.63, 3.8) is 0 Å². The third-order valence-electron chi connectivity index (χ3n) is 7.48. The third kappa shape index (κ3) is 1.51. The summed E-state index contributed by atoms with van der Waals surface area (Å²) < 4.78 is 6.62. The Bertz CT molecular complexity index is 373. The summed E-state index contributed by atoms with van der Waals surface area (Å²) in [7, 11) is 0. The zero-order chi connectivity index (χ0) is 13.3. The third-order valence-corrected chi connectivity index (χ3v) is 7.48. The molecule has 4 fully saturated rings. The summed E-state index contributed by atoms with van der Waals surface area (Å²) in [5.41, 5.74) is 0.933. The number of ether oxygens (including phenoxy) is 1. The van der Waals surface area contributed by atoms with Gasteiger partial charge in [-0.05, 0) is 54.8 Å². The molecule has 0 radical (unpaired) electrons. The molecule has 0 aromatic rings. The van der Waals surface area contributed by atoms with Gasteiger partial charge in [-0.25, -0.2) is 0 Å². The molecule has 2 heteroatoms. The Morgan fingerprint density at radius 1 is 1.05 bits per heavy atom. The minimum absolute atomic E-state index is 0.437. The lowest BCUT2D eigenvalue weighted by atomic mass is 9.70. The van der Waals surface area contributed by atoms with E-state index in [0.717, 1.165) is 11.8 Å². The number of piperidine rings is 1. The van der Waals surface area contributed by atoms with E-state index in [9.17, 15) is 0 Å². The Kier molecular flexibility index (Phi) is 2.65. The lowest BCUT2D eigenvalue weighted by Crippen LogP contribution is -2.42. The highest BCUT2D eigenvalue weighted by molar-refractivity contribution is 5.17. The Hall–Kier alpha value is -0.0800. The number of likely N-dealkylation sites (tertiary alicyclic amines) is 1. The van der Waals surface area contributed by atoms with Gasteiger partial charge in [0.2, 0.25) is 0 Å². The highest BCUT2D eigenvalue weighted by atomic mass is 16.5. The molecule has 0 aromatic heterocycles. The van der Waals surface area contributed by atoms with E-state index >= 15 is 0 Å². The van der Waals surface area contributed by atoms with Gasteiger partial charge in [-0.3, -0.25) is 4.90 Å². The van der Waals surface area contributed by atoms with E-state index in [1.807, 2.05) is 0 Å². The van der Waals surface area contributed by atoms with Crippen LogP contribution < -0.4 is 0 Å². The number of nitrogens with zero attached hydrogens (tertiary/aromatic N) is 1. The standard InChI is InChI=1S/C17H29NO/c1-16(2)13-7-8-17(16,3)15-12(13)11-14(19-15)18-9-5-4-6-10-18/h12-15H,4-11H2,1-3H3/t12-,13+,14-,15-,17-/m0/s1. The summed E-state index contributed by atoms with van der Waals surface area (Å²) in [4.78, 5) is 2.64. The largest absolute Gasteiger partial charge is 0.359 e. The quantitative estimate of drug-likeness (QED) is 0.716. The van der Waals surface area contributed by atoms with E-state index in [-0.39, 0.29) is 0 Å². The van der Waals surface area contributed by atoms with Gasteiger partial charge >= 0.3 is 0 Å². The predicted octanol–water partition coefficient (Wildman–Crippen LogP) is 3.66. The van der Waals surface area contributed by atoms with Crippen LogP contribution >= 0.6 is 0 Å². The Morgan fingerprint density at radius 3 is 2.47 bits per heavy atom. The maximum atomic E-state index is 6.62. The van der Waals surface area contributed by atoms with Crippen molar-refractivity contribution in [1.82, 2.24) is 4.90 Å². The second kappa shape index (κ2) is 3.98. The van der Waals surface area contributed by atoms with Crippen molar-refractivity contribution in [3.8, 4) is 0 Å². The zero-order valence-electron chi connectivity index (χ0n) is 12.8. The average Bonchev–Trinajstić information content (AvgIpc) is 2.97. The first-order chi connectivity index (χ1) is 9.04. The maximum Gasteiger partial charge on any atom is 0.111 e. The molecule has 5 atom stereocenters. The summed E-state index contributed by atoms with van der Waals surface area (Å²) in [6.45, 7) is 10.1. The van der Waals surface area contributed by atoms with Crippen molar-refractivity contribution in [1.29, 1.82) is 0 Å². The van der Waals surface area contributed by atoms with Crippen LogP contribution in [-0.2, 0) is 4.74 Å². The molecule has 0 spiro atoms. The number of hydrogen-bond donors (Lipinski definition) is 0. The van der Waals surface area contributed by atoms with Crippen molar-refractivity contribution in [2.24, 2.45) is 22.7 Å². The highest BCUT2D eigenvalue weighted by Crippen LogP contribution is 2.71. The van der Waals surface area contributed by atoms with Crippen LogP contribution in [0.4, 0.5) is 0 Å². The molecule has 0 aromatic carbocycles. The topological polar surface area (TPSA) is 12.5 Å². The molecule has 2 aliphatic heterocycles.